The van der Waals surface area contributed by atoms with Crippen LogP contribution in [0.2, 0.25) is 0 Å². The van der Waals surface area contributed by atoms with E-state index in [4.69, 9.17) is 21.1 Å². The van der Waals surface area contributed by atoms with Crippen LogP contribution in [-0.4, -0.2) is 23.9 Å². The number of nitrogens with zero attached hydrogens (tertiary/aromatic N) is 2. The Balaban J connectivity index is 1.91. The Morgan fingerprint density at radius 2 is 2.00 bits per heavy atom. The van der Waals surface area contributed by atoms with Crippen LogP contribution in [0.15, 0.2) is 70.3 Å². The van der Waals surface area contributed by atoms with Crippen molar-refractivity contribution in [3.8, 4) is 5.75 Å². The van der Waals surface area contributed by atoms with Gasteiger partial charge in [0.2, 0.25) is 5.90 Å². The molecule has 1 aliphatic rings. The van der Waals surface area contributed by atoms with Crippen LogP contribution in [0.5, 0.6) is 5.75 Å². The number of methoxy groups -OCH3 is 1. The summed E-state index contributed by atoms with van der Waals surface area (Å²) >= 11 is 6.16. The summed E-state index contributed by atoms with van der Waals surface area (Å²) in [7, 11) is 1.33. The van der Waals surface area contributed by atoms with Gasteiger partial charge in [0.25, 0.3) is 0 Å². The summed E-state index contributed by atoms with van der Waals surface area (Å²) in [6.45, 7) is 0. The molecule has 0 unspecified atom stereocenters. The number of benzene rings is 2. The van der Waals surface area contributed by atoms with Gasteiger partial charge in [-0.05, 0) is 29.8 Å². The highest BCUT2D eigenvalue weighted by atomic mass is 35.5. The molecular formula is C19H13ClN2O5. The number of allylic oxidation sites excluding steroid dienone is 2. The number of rotatable bonds is 5. The first kappa shape index (κ1) is 18.3. The third kappa shape index (κ3) is 4.21. The maximum atomic E-state index is 12.0. The third-order valence-corrected chi connectivity index (χ3v) is 3.84. The second-order valence-corrected chi connectivity index (χ2v) is 5.86. The van der Waals surface area contributed by atoms with Gasteiger partial charge in [-0.1, -0.05) is 41.9 Å². The molecule has 1 aliphatic heterocycles. The Morgan fingerprint density at radius 1 is 1.26 bits per heavy atom. The van der Waals surface area contributed by atoms with Crippen molar-refractivity contribution in [2.75, 3.05) is 7.11 Å². The van der Waals surface area contributed by atoms with Gasteiger partial charge in [0.05, 0.1) is 12.0 Å². The van der Waals surface area contributed by atoms with Crippen molar-refractivity contribution in [2.24, 2.45) is 4.99 Å². The first-order valence-electron chi connectivity index (χ1n) is 7.75. The van der Waals surface area contributed by atoms with Crippen LogP contribution in [0.3, 0.4) is 0 Å². The van der Waals surface area contributed by atoms with Crippen molar-refractivity contribution >= 4 is 35.2 Å². The molecule has 0 amide bonds. The van der Waals surface area contributed by atoms with Crippen molar-refractivity contribution in [3.05, 3.63) is 86.6 Å². The predicted octanol–water partition coefficient (Wildman–Crippen LogP) is 4.07. The van der Waals surface area contributed by atoms with Crippen LogP contribution in [0, 0.1) is 10.1 Å². The molecule has 3 rings (SSSR count). The molecular weight excluding hydrogens is 372 g/mol. The molecule has 0 atom stereocenters. The molecule has 136 valence electrons. The van der Waals surface area contributed by atoms with Crippen molar-refractivity contribution < 1.29 is 19.2 Å². The minimum absolute atomic E-state index is 0.000604. The summed E-state index contributed by atoms with van der Waals surface area (Å²) in [5.74, 6) is -0.637. The number of esters is 1. The summed E-state index contributed by atoms with van der Waals surface area (Å²) in [5.41, 5.74) is 0.886. The number of hydrogen-bond acceptors (Lipinski definition) is 6. The zero-order valence-corrected chi connectivity index (χ0v) is 14.8. The smallest absolute Gasteiger partial charge is 0.363 e. The van der Waals surface area contributed by atoms with E-state index in [1.54, 1.807) is 6.08 Å². The monoisotopic (exact) mass is 384 g/mol. The molecule has 8 heteroatoms. The fourth-order valence-corrected chi connectivity index (χ4v) is 2.61. The minimum Gasteiger partial charge on any atom is -0.490 e. The van der Waals surface area contributed by atoms with Crippen LogP contribution in [0.25, 0.3) is 6.08 Å². The standard InChI is InChI=1S/C19H13ClN2O5/c1-26-17-8-7-13(10-16(17)22(24)25)18-21-15(19(23)27-18)11-14(20)9-12-5-3-2-4-6-12/h2-11H,1H3. The summed E-state index contributed by atoms with van der Waals surface area (Å²) in [5, 5.41) is 11.4. The van der Waals surface area contributed by atoms with Crippen molar-refractivity contribution in [1.82, 2.24) is 0 Å². The highest BCUT2D eigenvalue weighted by Crippen LogP contribution is 2.29. The SMILES string of the molecule is COc1ccc(C2=NC(=CC(Cl)=Cc3ccccc3)C(=O)O2)cc1[N+](=O)[O-]. The van der Waals surface area contributed by atoms with Crippen LogP contribution in [-0.2, 0) is 9.53 Å². The molecule has 27 heavy (non-hydrogen) atoms. The maximum Gasteiger partial charge on any atom is 0.363 e. The average molecular weight is 385 g/mol. The fraction of sp³-hybridized carbons (Fsp3) is 0.0526. The Morgan fingerprint density at radius 3 is 2.67 bits per heavy atom. The number of ether oxygens (including phenoxy) is 2. The number of nitro benzene ring substituents is 1. The van der Waals surface area contributed by atoms with Gasteiger partial charge < -0.3 is 9.47 Å². The fourth-order valence-electron chi connectivity index (χ4n) is 2.38. The number of hydrogen-bond donors (Lipinski definition) is 0. The van der Waals surface area contributed by atoms with Crippen LogP contribution >= 0.6 is 11.6 Å². The second kappa shape index (κ2) is 7.84. The maximum absolute atomic E-state index is 12.0. The van der Waals surface area contributed by atoms with Crippen molar-refractivity contribution in [2.45, 2.75) is 0 Å². The van der Waals surface area contributed by atoms with E-state index in [1.165, 1.54) is 31.4 Å². The van der Waals surface area contributed by atoms with E-state index in [0.717, 1.165) is 5.56 Å². The van der Waals surface area contributed by atoms with Gasteiger partial charge in [-0.25, -0.2) is 9.79 Å². The van der Waals surface area contributed by atoms with E-state index in [9.17, 15) is 14.9 Å². The highest BCUT2D eigenvalue weighted by Gasteiger charge is 2.26. The molecule has 0 spiro atoms. The van der Waals surface area contributed by atoms with E-state index in [-0.39, 0.29) is 28.6 Å². The third-order valence-electron chi connectivity index (χ3n) is 3.62. The number of cyclic esters (lactones) is 1. The molecule has 0 fully saturated rings. The van der Waals surface area contributed by atoms with Gasteiger partial charge in [0.15, 0.2) is 11.4 Å². The van der Waals surface area contributed by atoms with E-state index >= 15 is 0 Å². The highest BCUT2D eigenvalue weighted by molar-refractivity contribution is 6.33. The summed E-state index contributed by atoms with van der Waals surface area (Å²) < 4.78 is 10.1. The summed E-state index contributed by atoms with van der Waals surface area (Å²) in [4.78, 5) is 26.7. The van der Waals surface area contributed by atoms with Crippen LogP contribution in [0.4, 0.5) is 5.69 Å². The lowest BCUT2D eigenvalue weighted by molar-refractivity contribution is -0.385. The van der Waals surface area contributed by atoms with E-state index in [1.807, 2.05) is 30.3 Å². The topological polar surface area (TPSA) is 91.0 Å². The lowest BCUT2D eigenvalue weighted by atomic mass is 10.2. The van der Waals surface area contributed by atoms with Crippen LogP contribution in [0.1, 0.15) is 11.1 Å². The molecule has 0 radical (unpaired) electrons. The van der Waals surface area contributed by atoms with E-state index in [0.29, 0.717) is 5.03 Å². The molecule has 0 aliphatic carbocycles. The summed E-state index contributed by atoms with van der Waals surface area (Å²) in [6.07, 6.45) is 3.05. The van der Waals surface area contributed by atoms with Crippen molar-refractivity contribution in [1.29, 1.82) is 0 Å². The largest absolute Gasteiger partial charge is 0.490 e. The van der Waals surface area contributed by atoms with Gasteiger partial charge in [-0.2, -0.15) is 0 Å². The second-order valence-electron chi connectivity index (χ2n) is 5.42. The Bertz CT molecular complexity index is 996. The van der Waals surface area contributed by atoms with Crippen molar-refractivity contribution in [3.63, 3.8) is 0 Å². The van der Waals surface area contributed by atoms with Gasteiger partial charge in [-0.3, -0.25) is 10.1 Å². The molecule has 7 nitrogen and oxygen atoms in total. The number of carbonyl (C=O) groups excluding carboxylic acids is 1. The minimum atomic E-state index is -0.692. The predicted molar refractivity (Wildman–Crippen MR) is 101 cm³/mol. The molecule has 2 aromatic carbocycles. The first-order chi connectivity index (χ1) is 13.0. The van der Waals surface area contributed by atoms with Gasteiger partial charge in [0, 0.05) is 16.7 Å². The zero-order valence-electron chi connectivity index (χ0n) is 14.1. The normalized spacial score (nSPS) is 15.5. The lowest BCUT2D eigenvalue weighted by Gasteiger charge is -2.03. The van der Waals surface area contributed by atoms with Gasteiger partial charge >= 0.3 is 11.7 Å². The Kier molecular flexibility index (Phi) is 5.33. The molecule has 0 bridgehead atoms. The molecule has 0 saturated heterocycles. The average Bonchev–Trinajstić information content (AvgIpc) is 3.02. The molecule has 0 aromatic heterocycles. The molecule has 1 heterocycles. The number of halogens is 1. The van der Waals surface area contributed by atoms with Gasteiger partial charge in [-0.15, -0.1) is 0 Å². The number of carbonyl (C=O) groups is 1. The molecule has 0 N–H and O–H groups in total. The Labute approximate surface area is 159 Å². The molecule has 2 aromatic rings. The lowest BCUT2D eigenvalue weighted by Crippen LogP contribution is -2.06. The van der Waals surface area contributed by atoms with E-state index < -0.39 is 10.9 Å². The Hall–Kier alpha value is -3.45. The molecule has 0 saturated carbocycles. The number of nitro groups is 1. The quantitative estimate of drug-likeness (QED) is 0.335. The zero-order chi connectivity index (χ0) is 19.4. The first-order valence-corrected chi connectivity index (χ1v) is 8.13. The van der Waals surface area contributed by atoms with E-state index in [2.05, 4.69) is 4.99 Å². The number of aliphatic imine (C=N–C) groups is 1. The van der Waals surface area contributed by atoms with Gasteiger partial charge in [0.1, 0.15) is 0 Å². The van der Waals surface area contributed by atoms with Crippen LogP contribution < -0.4 is 4.74 Å². The summed E-state index contributed by atoms with van der Waals surface area (Å²) in [6, 6.07) is 13.5.